The number of hydrogen-bond donors (Lipinski definition) is 1. The van der Waals surface area contributed by atoms with Crippen LogP contribution in [0.4, 0.5) is 5.82 Å². The van der Waals surface area contributed by atoms with Gasteiger partial charge in [0.05, 0.1) is 5.56 Å². The molecule has 5 heteroatoms. The summed E-state index contributed by atoms with van der Waals surface area (Å²) in [7, 11) is 0. The van der Waals surface area contributed by atoms with Crippen LogP contribution in [0.1, 0.15) is 29.0 Å². The molecule has 1 aliphatic carbocycles. The molecule has 80 valence electrons. The van der Waals surface area contributed by atoms with Gasteiger partial charge >= 0.3 is 0 Å². The van der Waals surface area contributed by atoms with Crippen LogP contribution >= 0.6 is 11.6 Å². The molecule has 1 saturated carbocycles. The van der Waals surface area contributed by atoms with E-state index < -0.39 is 0 Å². The number of halogens is 1. The van der Waals surface area contributed by atoms with Crippen molar-refractivity contribution in [3.05, 3.63) is 16.5 Å². The van der Waals surface area contributed by atoms with Crippen LogP contribution in [0.25, 0.3) is 0 Å². The first kappa shape index (κ1) is 10.4. The van der Waals surface area contributed by atoms with Crippen molar-refractivity contribution in [2.24, 2.45) is 5.92 Å². The van der Waals surface area contributed by atoms with E-state index in [1.165, 1.54) is 12.8 Å². The lowest BCUT2D eigenvalue weighted by molar-refractivity contribution is 0.112. The number of rotatable bonds is 4. The van der Waals surface area contributed by atoms with Crippen molar-refractivity contribution in [3.63, 3.8) is 0 Å². The SMILES string of the molecule is Cc1nc(Cl)c(C=O)c(NCC2CC2)n1. The number of aromatic nitrogens is 2. The lowest BCUT2D eigenvalue weighted by Crippen LogP contribution is -2.09. The maximum Gasteiger partial charge on any atom is 0.156 e. The van der Waals surface area contributed by atoms with Gasteiger partial charge in [0.25, 0.3) is 0 Å². The molecule has 0 bridgehead atoms. The molecule has 0 radical (unpaired) electrons. The van der Waals surface area contributed by atoms with E-state index in [0.717, 1.165) is 12.5 Å². The largest absolute Gasteiger partial charge is 0.369 e. The van der Waals surface area contributed by atoms with E-state index in [-0.39, 0.29) is 5.15 Å². The molecule has 4 nitrogen and oxygen atoms in total. The fourth-order valence-electron chi connectivity index (χ4n) is 1.35. The van der Waals surface area contributed by atoms with Crippen LogP contribution in [0.3, 0.4) is 0 Å². The van der Waals surface area contributed by atoms with Crippen LogP contribution in [0.2, 0.25) is 5.15 Å². The van der Waals surface area contributed by atoms with Crippen molar-refractivity contribution in [3.8, 4) is 0 Å². The Hall–Kier alpha value is -1.16. The van der Waals surface area contributed by atoms with Crippen LogP contribution < -0.4 is 5.32 Å². The molecule has 1 heterocycles. The second kappa shape index (κ2) is 4.14. The summed E-state index contributed by atoms with van der Waals surface area (Å²) in [5, 5.41) is 3.36. The Kier molecular flexibility index (Phi) is 2.86. The number of nitrogens with zero attached hydrogens (tertiary/aromatic N) is 2. The number of anilines is 1. The van der Waals surface area contributed by atoms with Gasteiger partial charge < -0.3 is 5.32 Å². The van der Waals surface area contributed by atoms with Gasteiger partial charge in [-0.15, -0.1) is 0 Å². The van der Waals surface area contributed by atoms with Gasteiger partial charge in [0.2, 0.25) is 0 Å². The zero-order valence-corrected chi connectivity index (χ0v) is 9.21. The fraction of sp³-hybridized carbons (Fsp3) is 0.500. The minimum atomic E-state index is 0.218. The minimum absolute atomic E-state index is 0.218. The third-order valence-corrected chi connectivity index (χ3v) is 2.67. The molecule has 0 amide bonds. The number of carbonyl (C=O) groups excluding carboxylic acids is 1. The van der Waals surface area contributed by atoms with Gasteiger partial charge in [-0.1, -0.05) is 11.6 Å². The van der Waals surface area contributed by atoms with Crippen LogP contribution in [-0.4, -0.2) is 22.8 Å². The van der Waals surface area contributed by atoms with E-state index in [1.807, 2.05) is 0 Å². The van der Waals surface area contributed by atoms with Crippen LogP contribution in [0, 0.1) is 12.8 Å². The molecule has 0 spiro atoms. The van der Waals surface area contributed by atoms with Crippen molar-refractivity contribution in [2.45, 2.75) is 19.8 Å². The van der Waals surface area contributed by atoms with E-state index in [2.05, 4.69) is 15.3 Å². The summed E-state index contributed by atoms with van der Waals surface area (Å²) in [6.45, 7) is 2.61. The molecule has 0 aromatic carbocycles. The minimum Gasteiger partial charge on any atom is -0.369 e. The first-order valence-corrected chi connectivity index (χ1v) is 5.31. The molecule has 1 fully saturated rings. The average Bonchev–Trinajstić information content (AvgIpc) is 2.97. The molecule has 0 atom stereocenters. The lowest BCUT2D eigenvalue weighted by atomic mass is 10.3. The molecule has 1 aromatic heterocycles. The third kappa shape index (κ3) is 2.45. The average molecular weight is 226 g/mol. The Bertz CT molecular complexity index is 390. The van der Waals surface area contributed by atoms with Gasteiger partial charge in [0, 0.05) is 6.54 Å². The van der Waals surface area contributed by atoms with Crippen LogP contribution in [-0.2, 0) is 0 Å². The molecule has 0 aliphatic heterocycles. The monoisotopic (exact) mass is 225 g/mol. The lowest BCUT2D eigenvalue weighted by Gasteiger charge is -2.08. The van der Waals surface area contributed by atoms with Crippen molar-refractivity contribution < 1.29 is 4.79 Å². The topological polar surface area (TPSA) is 54.9 Å². The van der Waals surface area contributed by atoms with Gasteiger partial charge in [-0.2, -0.15) is 0 Å². The zero-order chi connectivity index (χ0) is 10.8. The van der Waals surface area contributed by atoms with Crippen LogP contribution in [0.5, 0.6) is 0 Å². The molecule has 2 rings (SSSR count). The molecule has 0 saturated heterocycles. The highest BCUT2D eigenvalue weighted by molar-refractivity contribution is 6.32. The second-order valence-electron chi connectivity index (χ2n) is 3.77. The molecule has 1 aliphatic rings. The highest BCUT2D eigenvalue weighted by Crippen LogP contribution is 2.29. The van der Waals surface area contributed by atoms with Crippen LogP contribution in [0.15, 0.2) is 0 Å². The van der Waals surface area contributed by atoms with E-state index in [1.54, 1.807) is 6.92 Å². The molecule has 15 heavy (non-hydrogen) atoms. The Morgan fingerprint density at radius 2 is 2.27 bits per heavy atom. The Morgan fingerprint density at radius 3 is 2.87 bits per heavy atom. The van der Waals surface area contributed by atoms with E-state index in [4.69, 9.17) is 11.6 Å². The molecular weight excluding hydrogens is 214 g/mol. The van der Waals surface area contributed by atoms with E-state index in [9.17, 15) is 4.79 Å². The first-order valence-electron chi connectivity index (χ1n) is 4.94. The van der Waals surface area contributed by atoms with E-state index in [0.29, 0.717) is 23.5 Å². The number of nitrogens with one attached hydrogen (secondary N) is 1. The van der Waals surface area contributed by atoms with Gasteiger partial charge in [0.1, 0.15) is 16.8 Å². The molecular formula is C10H12ClN3O. The zero-order valence-electron chi connectivity index (χ0n) is 8.46. The number of aryl methyl sites for hydroxylation is 1. The Balaban J connectivity index is 2.21. The number of carbonyl (C=O) groups is 1. The summed E-state index contributed by atoms with van der Waals surface area (Å²) in [4.78, 5) is 18.9. The quantitative estimate of drug-likeness (QED) is 0.630. The summed E-state index contributed by atoms with van der Waals surface area (Å²) >= 11 is 5.84. The van der Waals surface area contributed by atoms with Gasteiger partial charge in [0.15, 0.2) is 6.29 Å². The molecule has 1 N–H and O–H groups in total. The second-order valence-corrected chi connectivity index (χ2v) is 4.12. The molecule has 1 aromatic rings. The van der Waals surface area contributed by atoms with Gasteiger partial charge in [-0.05, 0) is 25.7 Å². The van der Waals surface area contributed by atoms with Gasteiger partial charge in [-0.25, -0.2) is 9.97 Å². The maximum atomic E-state index is 10.8. The van der Waals surface area contributed by atoms with Crippen molar-refractivity contribution >= 4 is 23.7 Å². The summed E-state index contributed by atoms with van der Waals surface area (Å²) in [6.07, 6.45) is 3.19. The normalized spacial score (nSPS) is 15.1. The van der Waals surface area contributed by atoms with Gasteiger partial charge in [-0.3, -0.25) is 4.79 Å². The summed E-state index contributed by atoms with van der Waals surface area (Å²) in [5.74, 6) is 1.84. The predicted octanol–water partition coefficient (Wildman–Crippen LogP) is 2.07. The number of hydrogen-bond acceptors (Lipinski definition) is 4. The number of aldehydes is 1. The standard InChI is InChI=1S/C10H12ClN3O/c1-6-13-9(11)8(5-15)10(14-6)12-4-7-2-3-7/h5,7H,2-4H2,1H3,(H,12,13,14). The smallest absolute Gasteiger partial charge is 0.156 e. The maximum absolute atomic E-state index is 10.8. The summed E-state index contributed by atoms with van der Waals surface area (Å²) < 4.78 is 0. The van der Waals surface area contributed by atoms with Crippen molar-refractivity contribution in [1.82, 2.24) is 9.97 Å². The van der Waals surface area contributed by atoms with E-state index >= 15 is 0 Å². The fourth-order valence-corrected chi connectivity index (χ4v) is 1.61. The highest BCUT2D eigenvalue weighted by atomic mass is 35.5. The first-order chi connectivity index (χ1) is 7.20. The highest BCUT2D eigenvalue weighted by Gasteiger charge is 2.21. The Morgan fingerprint density at radius 1 is 1.53 bits per heavy atom. The third-order valence-electron chi connectivity index (χ3n) is 2.38. The molecule has 0 unspecified atom stereocenters. The predicted molar refractivity (Wildman–Crippen MR) is 58.4 cm³/mol. The summed E-state index contributed by atoms with van der Waals surface area (Å²) in [5.41, 5.74) is 0.350. The Labute approximate surface area is 93.1 Å². The van der Waals surface area contributed by atoms with Crippen molar-refractivity contribution in [2.75, 3.05) is 11.9 Å². The summed E-state index contributed by atoms with van der Waals surface area (Å²) in [6, 6.07) is 0. The van der Waals surface area contributed by atoms with Crippen molar-refractivity contribution in [1.29, 1.82) is 0 Å².